The first-order chi connectivity index (χ1) is 12.2. The maximum Gasteiger partial charge on any atom is 0.177 e. The molecule has 1 aliphatic heterocycles. The lowest BCUT2D eigenvalue weighted by molar-refractivity contribution is 0.102. The Kier molecular flexibility index (Phi) is 4.33. The molecule has 0 radical (unpaired) electrons. The van der Waals surface area contributed by atoms with Gasteiger partial charge < -0.3 is 10.0 Å². The predicted octanol–water partition coefficient (Wildman–Crippen LogP) is 1.37. The quantitative estimate of drug-likeness (QED) is 0.775. The van der Waals surface area contributed by atoms with Crippen LogP contribution in [-0.2, 0) is 0 Å². The van der Waals surface area contributed by atoms with E-state index in [0.717, 1.165) is 36.7 Å². The molecule has 3 aromatic rings. The standard InChI is InChI=1S/C18H22N6O/c1-14-11-22(12-16(25)15-5-3-2-4-6-15)9-10-23(14)18-8-7-17-20-19-13-24(17)21-18/h2-8,13-14,16,25H,9-12H2,1H3. The molecule has 2 unspecified atom stereocenters. The van der Waals surface area contributed by atoms with E-state index in [-0.39, 0.29) is 0 Å². The van der Waals surface area contributed by atoms with Crippen molar-refractivity contribution in [3.05, 3.63) is 54.4 Å². The van der Waals surface area contributed by atoms with Gasteiger partial charge in [0.2, 0.25) is 0 Å². The van der Waals surface area contributed by atoms with E-state index in [0.29, 0.717) is 12.6 Å². The third-order valence-electron chi connectivity index (χ3n) is 4.77. The van der Waals surface area contributed by atoms with Crippen LogP contribution in [0, 0.1) is 0 Å². The van der Waals surface area contributed by atoms with Gasteiger partial charge >= 0.3 is 0 Å². The monoisotopic (exact) mass is 338 g/mol. The van der Waals surface area contributed by atoms with Gasteiger partial charge in [0, 0.05) is 32.2 Å². The van der Waals surface area contributed by atoms with Crippen LogP contribution in [-0.4, -0.2) is 62.0 Å². The molecular formula is C18H22N6O. The van der Waals surface area contributed by atoms with Gasteiger partial charge in [0.05, 0.1) is 6.10 Å². The zero-order valence-electron chi connectivity index (χ0n) is 14.2. The zero-order chi connectivity index (χ0) is 17.2. The van der Waals surface area contributed by atoms with Crippen molar-refractivity contribution in [3.63, 3.8) is 0 Å². The lowest BCUT2D eigenvalue weighted by atomic mass is 10.1. The van der Waals surface area contributed by atoms with Crippen molar-refractivity contribution in [2.45, 2.75) is 19.1 Å². The van der Waals surface area contributed by atoms with Gasteiger partial charge in [0.25, 0.3) is 0 Å². The van der Waals surface area contributed by atoms with Crippen LogP contribution in [0.2, 0.25) is 0 Å². The fraction of sp³-hybridized carbons (Fsp3) is 0.389. The van der Waals surface area contributed by atoms with Crippen LogP contribution in [0.4, 0.5) is 5.82 Å². The number of aromatic nitrogens is 4. The van der Waals surface area contributed by atoms with E-state index in [1.54, 1.807) is 10.8 Å². The molecule has 3 heterocycles. The summed E-state index contributed by atoms with van der Waals surface area (Å²) < 4.78 is 1.70. The highest BCUT2D eigenvalue weighted by Crippen LogP contribution is 2.21. The smallest absolute Gasteiger partial charge is 0.177 e. The zero-order valence-corrected chi connectivity index (χ0v) is 14.2. The molecular weight excluding hydrogens is 316 g/mol. The van der Waals surface area contributed by atoms with Crippen molar-refractivity contribution >= 4 is 11.5 Å². The van der Waals surface area contributed by atoms with Crippen molar-refractivity contribution < 1.29 is 5.11 Å². The van der Waals surface area contributed by atoms with Gasteiger partial charge in [-0.3, -0.25) is 4.90 Å². The molecule has 1 N–H and O–H groups in total. The summed E-state index contributed by atoms with van der Waals surface area (Å²) in [5, 5.41) is 22.9. The number of fused-ring (bicyclic) bond motifs is 1. The maximum absolute atomic E-state index is 10.5. The van der Waals surface area contributed by atoms with Crippen molar-refractivity contribution in [1.29, 1.82) is 0 Å². The van der Waals surface area contributed by atoms with Crippen molar-refractivity contribution in [1.82, 2.24) is 24.7 Å². The van der Waals surface area contributed by atoms with Crippen LogP contribution < -0.4 is 4.90 Å². The molecule has 0 spiro atoms. The van der Waals surface area contributed by atoms with E-state index in [1.165, 1.54) is 0 Å². The second-order valence-electron chi connectivity index (χ2n) is 6.55. The Hall–Kier alpha value is -2.51. The van der Waals surface area contributed by atoms with E-state index in [1.807, 2.05) is 42.5 Å². The van der Waals surface area contributed by atoms with Crippen LogP contribution in [0.25, 0.3) is 5.65 Å². The number of aliphatic hydroxyl groups excluding tert-OH is 1. The van der Waals surface area contributed by atoms with Crippen LogP contribution in [0.5, 0.6) is 0 Å². The molecule has 4 rings (SSSR count). The number of aliphatic hydroxyl groups is 1. The normalized spacial score (nSPS) is 20.1. The average molecular weight is 338 g/mol. The van der Waals surface area contributed by atoms with Crippen LogP contribution in [0.15, 0.2) is 48.8 Å². The third-order valence-corrected chi connectivity index (χ3v) is 4.77. The minimum atomic E-state index is -0.452. The van der Waals surface area contributed by atoms with Crippen LogP contribution >= 0.6 is 0 Å². The second kappa shape index (κ2) is 6.78. The molecule has 1 fully saturated rings. The average Bonchev–Trinajstić information content (AvgIpc) is 3.10. The summed E-state index contributed by atoms with van der Waals surface area (Å²) in [5.41, 5.74) is 1.72. The number of hydrogen-bond donors (Lipinski definition) is 1. The molecule has 1 saturated heterocycles. The van der Waals surface area contributed by atoms with Gasteiger partial charge in [-0.25, -0.2) is 0 Å². The first-order valence-electron chi connectivity index (χ1n) is 8.60. The minimum Gasteiger partial charge on any atom is -0.387 e. The molecule has 25 heavy (non-hydrogen) atoms. The van der Waals surface area contributed by atoms with Crippen molar-refractivity contribution in [2.75, 3.05) is 31.1 Å². The number of hydrogen-bond acceptors (Lipinski definition) is 6. The minimum absolute atomic E-state index is 0.318. The summed E-state index contributed by atoms with van der Waals surface area (Å²) in [6.45, 7) is 5.52. The van der Waals surface area contributed by atoms with Gasteiger partial charge in [0.15, 0.2) is 5.65 Å². The number of nitrogens with zero attached hydrogens (tertiary/aromatic N) is 6. The molecule has 0 amide bonds. The highest BCUT2D eigenvalue weighted by molar-refractivity contribution is 5.46. The Bertz CT molecular complexity index is 836. The molecule has 1 aromatic carbocycles. The van der Waals surface area contributed by atoms with Gasteiger partial charge in [-0.1, -0.05) is 30.3 Å². The number of benzene rings is 1. The van der Waals surface area contributed by atoms with Crippen molar-refractivity contribution in [3.8, 4) is 0 Å². The Morgan fingerprint density at radius 1 is 1.16 bits per heavy atom. The van der Waals surface area contributed by atoms with Crippen LogP contribution in [0.3, 0.4) is 0 Å². The number of piperazine rings is 1. The summed E-state index contributed by atoms with van der Waals surface area (Å²) in [5.74, 6) is 0.933. The largest absolute Gasteiger partial charge is 0.387 e. The van der Waals surface area contributed by atoms with E-state index < -0.39 is 6.10 Å². The molecule has 7 heteroatoms. The number of anilines is 1. The van der Waals surface area contributed by atoms with Gasteiger partial charge in [0.1, 0.15) is 12.1 Å². The van der Waals surface area contributed by atoms with Crippen LogP contribution in [0.1, 0.15) is 18.6 Å². The molecule has 1 aliphatic rings. The Morgan fingerprint density at radius 2 is 2.00 bits per heavy atom. The highest BCUT2D eigenvalue weighted by atomic mass is 16.3. The third kappa shape index (κ3) is 3.33. The fourth-order valence-electron chi connectivity index (χ4n) is 3.44. The van der Waals surface area contributed by atoms with Gasteiger partial charge in [-0.05, 0) is 24.6 Å². The Balaban J connectivity index is 1.41. The Morgan fingerprint density at radius 3 is 2.80 bits per heavy atom. The molecule has 0 aliphatic carbocycles. The molecule has 0 bridgehead atoms. The number of rotatable bonds is 4. The SMILES string of the molecule is CC1CN(CC(O)c2ccccc2)CCN1c1ccc2nncn2n1. The van der Waals surface area contributed by atoms with E-state index >= 15 is 0 Å². The molecule has 130 valence electrons. The summed E-state index contributed by atoms with van der Waals surface area (Å²) in [4.78, 5) is 4.61. The lowest BCUT2D eigenvalue weighted by Crippen LogP contribution is -2.53. The van der Waals surface area contributed by atoms with Gasteiger partial charge in [-0.15, -0.1) is 15.3 Å². The molecule has 2 aromatic heterocycles. The first-order valence-corrected chi connectivity index (χ1v) is 8.60. The highest BCUT2D eigenvalue weighted by Gasteiger charge is 2.26. The van der Waals surface area contributed by atoms with E-state index in [4.69, 9.17) is 0 Å². The molecule has 0 saturated carbocycles. The van der Waals surface area contributed by atoms with Crippen molar-refractivity contribution in [2.24, 2.45) is 0 Å². The maximum atomic E-state index is 10.5. The Labute approximate surface area is 146 Å². The fourth-order valence-corrected chi connectivity index (χ4v) is 3.44. The summed E-state index contributed by atoms with van der Waals surface area (Å²) in [6, 6.07) is 14.1. The summed E-state index contributed by atoms with van der Waals surface area (Å²) >= 11 is 0. The summed E-state index contributed by atoms with van der Waals surface area (Å²) in [7, 11) is 0. The van der Waals surface area contributed by atoms with E-state index in [9.17, 15) is 5.11 Å². The second-order valence-corrected chi connectivity index (χ2v) is 6.55. The van der Waals surface area contributed by atoms with Gasteiger partial charge in [-0.2, -0.15) is 4.52 Å². The summed E-state index contributed by atoms with van der Waals surface area (Å²) in [6.07, 6.45) is 1.17. The van der Waals surface area contributed by atoms with E-state index in [2.05, 4.69) is 32.0 Å². The molecule has 7 nitrogen and oxygen atoms in total. The predicted molar refractivity (Wildman–Crippen MR) is 95.4 cm³/mol. The lowest BCUT2D eigenvalue weighted by Gasteiger charge is -2.41. The first kappa shape index (κ1) is 16.0. The molecule has 2 atom stereocenters. The topological polar surface area (TPSA) is 69.8 Å². The number of β-amino-alcohol motifs (C(OH)–C–C–N with tert-alkyl or cyclic N) is 1.